The van der Waals surface area contributed by atoms with E-state index in [1.807, 2.05) is 29.6 Å². The fraction of sp³-hybridized carbons (Fsp3) is 0.167. The van der Waals surface area contributed by atoms with Gasteiger partial charge in [-0.2, -0.15) is 0 Å². The number of hydrogen-bond donors (Lipinski definition) is 0. The highest BCUT2D eigenvalue weighted by Gasteiger charge is 2.04. The van der Waals surface area contributed by atoms with Gasteiger partial charge in [-0.1, -0.05) is 12.1 Å². The number of rotatable bonds is 4. The van der Waals surface area contributed by atoms with Crippen molar-refractivity contribution in [2.75, 3.05) is 7.11 Å². The predicted octanol–water partition coefficient (Wildman–Crippen LogP) is 4.10. The Bertz CT molecular complexity index is 468. The van der Waals surface area contributed by atoms with Crippen LogP contribution in [0.5, 0.6) is 11.5 Å². The normalized spacial score (nSPS) is 10.1. The van der Waals surface area contributed by atoms with E-state index < -0.39 is 0 Å². The Balaban J connectivity index is 2.04. The lowest BCUT2D eigenvalue weighted by Gasteiger charge is -2.08. The standard InChI is InChI=1S/C12H11BrO2S/c1-14-11-4-2-3-5-12(11)15-7-10-6-9(13)8-16-10/h2-6,8H,7H2,1H3. The molecule has 0 amide bonds. The zero-order valence-corrected chi connectivity index (χ0v) is 11.2. The smallest absolute Gasteiger partial charge is 0.161 e. The van der Waals surface area contributed by atoms with Crippen molar-refractivity contribution in [2.45, 2.75) is 6.61 Å². The summed E-state index contributed by atoms with van der Waals surface area (Å²) in [6.45, 7) is 0.566. The number of benzene rings is 1. The summed E-state index contributed by atoms with van der Waals surface area (Å²) in [5.74, 6) is 1.53. The van der Waals surface area contributed by atoms with Gasteiger partial charge in [0.1, 0.15) is 6.61 Å². The van der Waals surface area contributed by atoms with Crippen molar-refractivity contribution < 1.29 is 9.47 Å². The lowest BCUT2D eigenvalue weighted by molar-refractivity contribution is 0.287. The molecule has 84 valence electrons. The Morgan fingerprint density at radius 2 is 2.00 bits per heavy atom. The van der Waals surface area contributed by atoms with E-state index in [0.717, 1.165) is 16.0 Å². The van der Waals surface area contributed by atoms with Gasteiger partial charge in [0.2, 0.25) is 0 Å². The van der Waals surface area contributed by atoms with Crippen molar-refractivity contribution in [3.05, 3.63) is 45.1 Å². The zero-order valence-electron chi connectivity index (χ0n) is 8.77. The van der Waals surface area contributed by atoms with Crippen LogP contribution in [0.25, 0.3) is 0 Å². The Morgan fingerprint density at radius 3 is 2.62 bits per heavy atom. The Kier molecular flexibility index (Phi) is 3.85. The molecule has 0 aliphatic rings. The molecule has 16 heavy (non-hydrogen) atoms. The first-order valence-electron chi connectivity index (χ1n) is 4.78. The van der Waals surface area contributed by atoms with Gasteiger partial charge in [-0.05, 0) is 34.1 Å². The summed E-state index contributed by atoms with van der Waals surface area (Å²) in [6.07, 6.45) is 0. The second-order valence-corrected chi connectivity index (χ2v) is 5.08. The third kappa shape index (κ3) is 2.77. The first-order valence-corrected chi connectivity index (χ1v) is 6.45. The molecule has 0 aliphatic heterocycles. The topological polar surface area (TPSA) is 18.5 Å². The number of thiophene rings is 1. The molecule has 1 aromatic carbocycles. The summed E-state index contributed by atoms with van der Waals surface area (Å²) in [5.41, 5.74) is 0. The number of para-hydroxylation sites is 2. The molecule has 4 heteroatoms. The van der Waals surface area contributed by atoms with Crippen molar-refractivity contribution in [1.29, 1.82) is 0 Å². The van der Waals surface area contributed by atoms with Gasteiger partial charge >= 0.3 is 0 Å². The summed E-state index contributed by atoms with van der Waals surface area (Å²) < 4.78 is 12.0. The quantitative estimate of drug-likeness (QED) is 0.846. The third-order valence-corrected chi connectivity index (χ3v) is 3.73. The van der Waals surface area contributed by atoms with E-state index in [2.05, 4.69) is 22.0 Å². The maximum Gasteiger partial charge on any atom is 0.161 e. The van der Waals surface area contributed by atoms with Crippen LogP contribution in [-0.4, -0.2) is 7.11 Å². The van der Waals surface area contributed by atoms with Gasteiger partial charge < -0.3 is 9.47 Å². The monoisotopic (exact) mass is 298 g/mol. The lowest BCUT2D eigenvalue weighted by atomic mass is 10.3. The highest BCUT2D eigenvalue weighted by molar-refractivity contribution is 9.10. The molecule has 0 N–H and O–H groups in total. The molecule has 0 aliphatic carbocycles. The minimum atomic E-state index is 0.566. The van der Waals surface area contributed by atoms with E-state index in [0.29, 0.717) is 6.61 Å². The molecule has 0 saturated carbocycles. The van der Waals surface area contributed by atoms with E-state index in [1.54, 1.807) is 18.4 Å². The largest absolute Gasteiger partial charge is 0.493 e. The van der Waals surface area contributed by atoms with E-state index >= 15 is 0 Å². The van der Waals surface area contributed by atoms with Crippen LogP contribution in [0.1, 0.15) is 4.88 Å². The van der Waals surface area contributed by atoms with Gasteiger partial charge in [0, 0.05) is 14.7 Å². The van der Waals surface area contributed by atoms with Crippen LogP contribution in [0, 0.1) is 0 Å². The molecule has 2 rings (SSSR count). The van der Waals surface area contributed by atoms with Crippen LogP contribution < -0.4 is 9.47 Å². The summed E-state index contributed by atoms with van der Waals surface area (Å²) in [5, 5.41) is 2.04. The number of hydrogen-bond acceptors (Lipinski definition) is 3. The Labute approximate surface area is 107 Å². The average Bonchev–Trinajstić information content (AvgIpc) is 2.73. The van der Waals surface area contributed by atoms with Crippen LogP contribution in [-0.2, 0) is 6.61 Å². The fourth-order valence-corrected chi connectivity index (χ4v) is 2.68. The highest BCUT2D eigenvalue weighted by atomic mass is 79.9. The van der Waals surface area contributed by atoms with Gasteiger partial charge in [0.25, 0.3) is 0 Å². The fourth-order valence-electron chi connectivity index (χ4n) is 1.32. The molecule has 0 fully saturated rings. The van der Waals surface area contributed by atoms with Crippen molar-refractivity contribution in [1.82, 2.24) is 0 Å². The van der Waals surface area contributed by atoms with Crippen LogP contribution in [0.4, 0.5) is 0 Å². The van der Waals surface area contributed by atoms with Gasteiger partial charge in [-0.25, -0.2) is 0 Å². The van der Waals surface area contributed by atoms with E-state index in [-0.39, 0.29) is 0 Å². The van der Waals surface area contributed by atoms with Crippen LogP contribution in [0.2, 0.25) is 0 Å². The summed E-state index contributed by atoms with van der Waals surface area (Å²) in [6, 6.07) is 9.71. The van der Waals surface area contributed by atoms with Crippen molar-refractivity contribution >= 4 is 27.3 Å². The predicted molar refractivity (Wildman–Crippen MR) is 69.3 cm³/mol. The maximum absolute atomic E-state index is 5.69. The molecule has 0 unspecified atom stereocenters. The molecule has 2 nitrogen and oxygen atoms in total. The average molecular weight is 299 g/mol. The first kappa shape index (κ1) is 11.5. The second kappa shape index (κ2) is 5.37. The van der Waals surface area contributed by atoms with Crippen LogP contribution in [0.15, 0.2) is 40.2 Å². The number of ether oxygens (including phenoxy) is 2. The van der Waals surface area contributed by atoms with Crippen molar-refractivity contribution in [3.8, 4) is 11.5 Å². The molecule has 2 aromatic rings. The maximum atomic E-state index is 5.69. The third-order valence-electron chi connectivity index (χ3n) is 2.06. The van der Waals surface area contributed by atoms with Crippen molar-refractivity contribution in [3.63, 3.8) is 0 Å². The van der Waals surface area contributed by atoms with Crippen molar-refractivity contribution in [2.24, 2.45) is 0 Å². The zero-order chi connectivity index (χ0) is 11.4. The van der Waals surface area contributed by atoms with E-state index in [4.69, 9.17) is 9.47 Å². The summed E-state index contributed by atoms with van der Waals surface area (Å²) >= 11 is 5.09. The minimum absolute atomic E-state index is 0.566. The minimum Gasteiger partial charge on any atom is -0.493 e. The van der Waals surface area contributed by atoms with Gasteiger partial charge in [-0.15, -0.1) is 11.3 Å². The van der Waals surface area contributed by atoms with Crippen LogP contribution in [0.3, 0.4) is 0 Å². The first-order chi connectivity index (χ1) is 7.79. The molecule has 0 bridgehead atoms. The molecule has 1 heterocycles. The van der Waals surface area contributed by atoms with Gasteiger partial charge in [0.05, 0.1) is 7.11 Å². The molecular formula is C12H11BrO2S. The second-order valence-electron chi connectivity index (χ2n) is 3.17. The highest BCUT2D eigenvalue weighted by Crippen LogP contribution is 2.28. The lowest BCUT2D eigenvalue weighted by Crippen LogP contribution is -1.95. The Hall–Kier alpha value is -1.000. The summed E-state index contributed by atoms with van der Waals surface area (Å²) in [7, 11) is 1.64. The van der Waals surface area contributed by atoms with Gasteiger partial charge in [0.15, 0.2) is 11.5 Å². The van der Waals surface area contributed by atoms with E-state index in [9.17, 15) is 0 Å². The Morgan fingerprint density at radius 1 is 1.25 bits per heavy atom. The molecule has 0 radical (unpaired) electrons. The van der Waals surface area contributed by atoms with Crippen LogP contribution >= 0.6 is 27.3 Å². The molecule has 0 spiro atoms. The molecular weight excluding hydrogens is 288 g/mol. The SMILES string of the molecule is COc1ccccc1OCc1cc(Br)cs1. The molecule has 0 saturated heterocycles. The van der Waals surface area contributed by atoms with E-state index in [1.165, 1.54) is 4.88 Å². The van der Waals surface area contributed by atoms with Gasteiger partial charge in [-0.3, -0.25) is 0 Å². The summed E-state index contributed by atoms with van der Waals surface area (Å²) in [4.78, 5) is 1.18. The number of halogens is 1. The number of methoxy groups -OCH3 is 1. The molecule has 1 aromatic heterocycles. The molecule has 0 atom stereocenters.